The van der Waals surface area contributed by atoms with Crippen LogP contribution in [0.25, 0.3) is 0 Å². The molecule has 6 nitrogen and oxygen atoms in total. The zero-order valence-corrected chi connectivity index (χ0v) is 14.1. The fourth-order valence-electron chi connectivity index (χ4n) is 2.84. The Kier molecular flexibility index (Phi) is 4.39. The van der Waals surface area contributed by atoms with Crippen LogP contribution < -0.4 is 5.32 Å². The van der Waals surface area contributed by atoms with Gasteiger partial charge in [-0.2, -0.15) is 0 Å². The number of morpholine rings is 1. The molecule has 7 heteroatoms. The van der Waals surface area contributed by atoms with Crippen LogP contribution in [0.4, 0.5) is 0 Å². The van der Waals surface area contributed by atoms with Crippen LogP contribution >= 0.6 is 0 Å². The second-order valence-corrected chi connectivity index (χ2v) is 9.54. The summed E-state index contributed by atoms with van der Waals surface area (Å²) >= 11 is 0. The summed E-state index contributed by atoms with van der Waals surface area (Å²) in [6.07, 6.45) is 0.221. The second-order valence-electron chi connectivity index (χ2n) is 7.31. The van der Waals surface area contributed by atoms with E-state index in [4.69, 9.17) is 4.74 Å². The predicted molar refractivity (Wildman–Crippen MR) is 80.9 cm³/mol. The summed E-state index contributed by atoms with van der Waals surface area (Å²) < 4.78 is 29.1. The lowest BCUT2D eigenvalue weighted by molar-refractivity contribution is -0.169. The summed E-state index contributed by atoms with van der Waals surface area (Å²) in [5, 5.41) is 3.13. The Labute approximate surface area is 127 Å². The molecule has 1 N–H and O–H groups in total. The van der Waals surface area contributed by atoms with E-state index in [1.807, 2.05) is 32.6 Å². The third kappa shape index (κ3) is 4.17. The molecular weight excluding hydrogens is 292 g/mol. The first kappa shape index (κ1) is 16.7. The van der Waals surface area contributed by atoms with Crippen LogP contribution in [-0.2, 0) is 19.4 Å². The van der Waals surface area contributed by atoms with Crippen molar-refractivity contribution >= 4 is 15.7 Å². The number of rotatable bonds is 2. The molecule has 2 aliphatic heterocycles. The van der Waals surface area contributed by atoms with E-state index in [1.165, 1.54) is 0 Å². The van der Waals surface area contributed by atoms with Crippen LogP contribution in [-0.4, -0.2) is 67.6 Å². The standard InChI is InChI=1S/C14H26N2O4S/c1-13(2)10-20-14(3,4)9-16(13)12(17)7-11-8-21(18,19)6-5-15-11/h11,15H,5-10H2,1-4H3. The summed E-state index contributed by atoms with van der Waals surface area (Å²) in [6.45, 7) is 9.33. The summed E-state index contributed by atoms with van der Waals surface area (Å²) in [4.78, 5) is 14.4. The van der Waals surface area contributed by atoms with Gasteiger partial charge in [0.1, 0.15) is 0 Å². The summed E-state index contributed by atoms with van der Waals surface area (Å²) in [6, 6.07) is -0.280. The first-order chi connectivity index (χ1) is 9.51. The minimum absolute atomic E-state index is 0.00836. The van der Waals surface area contributed by atoms with Crippen molar-refractivity contribution in [2.75, 3.05) is 31.2 Å². The van der Waals surface area contributed by atoms with Gasteiger partial charge in [-0.3, -0.25) is 4.79 Å². The van der Waals surface area contributed by atoms with Crippen LogP contribution in [0, 0.1) is 0 Å². The maximum absolute atomic E-state index is 12.6. The Morgan fingerprint density at radius 3 is 2.62 bits per heavy atom. The van der Waals surface area contributed by atoms with Crippen LogP contribution in [0.3, 0.4) is 0 Å². The highest BCUT2D eigenvalue weighted by molar-refractivity contribution is 7.91. The molecule has 21 heavy (non-hydrogen) atoms. The monoisotopic (exact) mass is 318 g/mol. The van der Waals surface area contributed by atoms with Gasteiger partial charge in [-0.1, -0.05) is 0 Å². The molecule has 0 spiro atoms. The van der Waals surface area contributed by atoms with Gasteiger partial charge < -0.3 is 15.0 Å². The van der Waals surface area contributed by atoms with E-state index < -0.39 is 9.84 Å². The number of carbonyl (C=O) groups excluding carboxylic acids is 1. The molecule has 0 radical (unpaired) electrons. The van der Waals surface area contributed by atoms with Crippen molar-refractivity contribution in [1.82, 2.24) is 10.2 Å². The van der Waals surface area contributed by atoms with Crippen molar-refractivity contribution in [2.24, 2.45) is 0 Å². The lowest BCUT2D eigenvalue weighted by atomic mass is 9.95. The Morgan fingerprint density at radius 2 is 2.00 bits per heavy atom. The Balaban J connectivity index is 2.04. The molecule has 1 amide bonds. The van der Waals surface area contributed by atoms with Gasteiger partial charge in [0.05, 0.1) is 29.3 Å². The number of nitrogens with one attached hydrogen (secondary N) is 1. The summed E-state index contributed by atoms with van der Waals surface area (Å²) in [5.74, 6) is 0.201. The average molecular weight is 318 g/mol. The van der Waals surface area contributed by atoms with E-state index in [9.17, 15) is 13.2 Å². The molecule has 0 aromatic heterocycles. The Hall–Kier alpha value is -0.660. The number of ether oxygens (including phenoxy) is 1. The molecule has 0 aromatic carbocycles. The van der Waals surface area contributed by atoms with Crippen LogP contribution in [0.15, 0.2) is 0 Å². The van der Waals surface area contributed by atoms with E-state index in [0.29, 0.717) is 19.7 Å². The molecule has 0 aromatic rings. The maximum Gasteiger partial charge on any atom is 0.224 e. The highest BCUT2D eigenvalue weighted by atomic mass is 32.2. The smallest absolute Gasteiger partial charge is 0.224 e. The van der Waals surface area contributed by atoms with Gasteiger partial charge in [0.25, 0.3) is 0 Å². The van der Waals surface area contributed by atoms with Crippen molar-refractivity contribution < 1.29 is 17.9 Å². The first-order valence-corrected chi connectivity index (χ1v) is 9.21. The maximum atomic E-state index is 12.6. The fraction of sp³-hybridized carbons (Fsp3) is 0.929. The molecule has 1 atom stereocenters. The number of hydrogen-bond donors (Lipinski definition) is 1. The van der Waals surface area contributed by atoms with Gasteiger partial charge in [0, 0.05) is 25.6 Å². The quantitative estimate of drug-likeness (QED) is 0.786. The van der Waals surface area contributed by atoms with E-state index >= 15 is 0 Å². The van der Waals surface area contributed by atoms with Gasteiger partial charge >= 0.3 is 0 Å². The first-order valence-electron chi connectivity index (χ1n) is 7.39. The summed E-state index contributed by atoms with van der Waals surface area (Å²) in [5.41, 5.74) is -0.725. The SMILES string of the molecule is CC1(C)CN(C(=O)CC2CS(=O)(=O)CCN2)C(C)(C)CO1. The molecule has 2 saturated heterocycles. The zero-order valence-electron chi connectivity index (χ0n) is 13.3. The minimum Gasteiger partial charge on any atom is -0.371 e. The van der Waals surface area contributed by atoms with Crippen LogP contribution in [0.1, 0.15) is 34.1 Å². The number of amides is 1. The molecule has 2 rings (SSSR count). The number of sulfone groups is 1. The van der Waals surface area contributed by atoms with E-state index in [-0.39, 0.29) is 41.0 Å². The number of carbonyl (C=O) groups is 1. The molecule has 1 unspecified atom stereocenters. The van der Waals surface area contributed by atoms with Crippen LogP contribution in [0.2, 0.25) is 0 Å². The zero-order chi connectivity index (χ0) is 15.9. The van der Waals surface area contributed by atoms with Gasteiger partial charge in [-0.25, -0.2) is 8.42 Å². The normalized spacial score (nSPS) is 30.9. The largest absolute Gasteiger partial charge is 0.371 e. The molecule has 0 bridgehead atoms. The van der Waals surface area contributed by atoms with Crippen LogP contribution in [0.5, 0.6) is 0 Å². The number of hydrogen-bond acceptors (Lipinski definition) is 5. The van der Waals surface area contributed by atoms with Crippen molar-refractivity contribution in [3.8, 4) is 0 Å². The second kappa shape index (κ2) is 5.52. The van der Waals surface area contributed by atoms with Gasteiger partial charge in [0.2, 0.25) is 5.91 Å². The van der Waals surface area contributed by atoms with Crippen molar-refractivity contribution in [1.29, 1.82) is 0 Å². The van der Waals surface area contributed by atoms with E-state index in [2.05, 4.69) is 5.32 Å². The van der Waals surface area contributed by atoms with Gasteiger partial charge in [-0.05, 0) is 27.7 Å². The van der Waals surface area contributed by atoms with E-state index in [1.54, 1.807) is 0 Å². The van der Waals surface area contributed by atoms with E-state index in [0.717, 1.165) is 0 Å². The molecule has 0 saturated carbocycles. The predicted octanol–water partition coefficient (Wildman–Crippen LogP) is 0.179. The molecular formula is C14H26N2O4S. The van der Waals surface area contributed by atoms with Gasteiger partial charge in [-0.15, -0.1) is 0 Å². The van der Waals surface area contributed by atoms with Crippen molar-refractivity contribution in [3.05, 3.63) is 0 Å². The van der Waals surface area contributed by atoms with Gasteiger partial charge in [0.15, 0.2) is 9.84 Å². The summed E-state index contributed by atoms with van der Waals surface area (Å²) in [7, 11) is -3.02. The van der Waals surface area contributed by atoms with Crippen molar-refractivity contribution in [2.45, 2.75) is 51.3 Å². The molecule has 2 heterocycles. The topological polar surface area (TPSA) is 75.7 Å². The molecule has 2 aliphatic rings. The Morgan fingerprint density at radius 1 is 1.33 bits per heavy atom. The molecule has 122 valence electrons. The third-order valence-electron chi connectivity index (χ3n) is 4.11. The fourth-order valence-corrected chi connectivity index (χ4v) is 4.28. The molecule has 0 aliphatic carbocycles. The lowest BCUT2D eigenvalue weighted by Gasteiger charge is -2.49. The molecule has 2 fully saturated rings. The lowest BCUT2D eigenvalue weighted by Crippen LogP contribution is -2.62. The van der Waals surface area contributed by atoms with Crippen molar-refractivity contribution in [3.63, 3.8) is 0 Å². The average Bonchev–Trinajstić information content (AvgIpc) is 2.31. The third-order valence-corrected chi connectivity index (χ3v) is 5.85. The highest BCUT2D eigenvalue weighted by Gasteiger charge is 2.42. The Bertz CT molecular complexity index is 513. The number of nitrogens with zero attached hydrogens (tertiary/aromatic N) is 1. The highest BCUT2D eigenvalue weighted by Crippen LogP contribution is 2.28. The minimum atomic E-state index is -3.02.